The predicted octanol–water partition coefficient (Wildman–Crippen LogP) is 3.92. The highest BCUT2D eigenvalue weighted by atomic mass is 19.1. The van der Waals surface area contributed by atoms with E-state index in [-0.39, 0.29) is 23.7 Å². The summed E-state index contributed by atoms with van der Waals surface area (Å²) >= 11 is 0. The summed E-state index contributed by atoms with van der Waals surface area (Å²) in [6, 6.07) is 16.8. The second-order valence-corrected chi connectivity index (χ2v) is 6.81. The molecule has 0 spiro atoms. The SMILES string of the molecule is CC(NC(=O)C1CCCN(Cc2ccccc2F)C1)c1ccccc1. The van der Waals surface area contributed by atoms with Crippen LogP contribution in [0.4, 0.5) is 4.39 Å². The van der Waals surface area contributed by atoms with Crippen molar-refractivity contribution < 1.29 is 9.18 Å². The molecule has 0 aliphatic carbocycles. The summed E-state index contributed by atoms with van der Waals surface area (Å²) in [5.41, 5.74) is 1.80. The molecule has 1 fully saturated rings. The fourth-order valence-corrected chi connectivity index (χ4v) is 3.44. The third-order valence-electron chi connectivity index (χ3n) is 4.89. The van der Waals surface area contributed by atoms with Gasteiger partial charge in [0.05, 0.1) is 12.0 Å². The Balaban J connectivity index is 1.57. The third-order valence-corrected chi connectivity index (χ3v) is 4.89. The first-order valence-corrected chi connectivity index (χ1v) is 8.94. The summed E-state index contributed by atoms with van der Waals surface area (Å²) in [5.74, 6) is -0.118. The van der Waals surface area contributed by atoms with Crippen LogP contribution < -0.4 is 5.32 Å². The number of rotatable bonds is 5. The molecule has 1 aliphatic heterocycles. The zero-order valence-electron chi connectivity index (χ0n) is 14.6. The van der Waals surface area contributed by atoms with Gasteiger partial charge in [-0.25, -0.2) is 4.39 Å². The van der Waals surface area contributed by atoms with E-state index in [9.17, 15) is 9.18 Å². The predicted molar refractivity (Wildman–Crippen MR) is 97.4 cm³/mol. The minimum absolute atomic E-state index is 0.00403. The van der Waals surface area contributed by atoms with Crippen LogP contribution in [0.2, 0.25) is 0 Å². The summed E-state index contributed by atoms with van der Waals surface area (Å²) in [5, 5.41) is 3.12. The Morgan fingerprint density at radius 2 is 1.92 bits per heavy atom. The van der Waals surface area contributed by atoms with Crippen molar-refractivity contribution in [3.05, 3.63) is 71.5 Å². The summed E-state index contributed by atoms with van der Waals surface area (Å²) in [7, 11) is 0. The number of nitrogens with one attached hydrogen (secondary N) is 1. The first-order chi connectivity index (χ1) is 12.1. The standard InChI is InChI=1S/C21H25FN2O/c1-16(17-8-3-2-4-9-17)23-21(25)19-11-7-13-24(15-19)14-18-10-5-6-12-20(18)22/h2-6,8-10,12,16,19H,7,11,13-15H2,1H3,(H,23,25). The Morgan fingerprint density at radius 3 is 2.68 bits per heavy atom. The van der Waals surface area contributed by atoms with Crippen LogP contribution >= 0.6 is 0 Å². The smallest absolute Gasteiger partial charge is 0.224 e. The number of halogens is 1. The second kappa shape index (κ2) is 8.26. The Morgan fingerprint density at radius 1 is 1.20 bits per heavy atom. The lowest BCUT2D eigenvalue weighted by molar-refractivity contribution is -0.127. The lowest BCUT2D eigenvalue weighted by Crippen LogP contribution is -2.43. The van der Waals surface area contributed by atoms with E-state index < -0.39 is 0 Å². The molecule has 1 N–H and O–H groups in total. The third kappa shape index (κ3) is 4.67. The number of benzene rings is 2. The van der Waals surface area contributed by atoms with Crippen molar-refractivity contribution in [2.45, 2.75) is 32.4 Å². The van der Waals surface area contributed by atoms with Crippen LogP contribution in [0.15, 0.2) is 54.6 Å². The molecular formula is C21H25FN2O. The van der Waals surface area contributed by atoms with E-state index >= 15 is 0 Å². The molecule has 2 aromatic carbocycles. The van der Waals surface area contributed by atoms with Gasteiger partial charge in [0.1, 0.15) is 5.82 Å². The van der Waals surface area contributed by atoms with Gasteiger partial charge < -0.3 is 5.32 Å². The summed E-state index contributed by atoms with van der Waals surface area (Å²) in [4.78, 5) is 14.8. The molecule has 1 saturated heterocycles. The Bertz CT molecular complexity index is 704. The lowest BCUT2D eigenvalue weighted by atomic mass is 9.96. The average molecular weight is 340 g/mol. The molecule has 2 aromatic rings. The van der Waals surface area contributed by atoms with Gasteiger partial charge in [0.25, 0.3) is 0 Å². The van der Waals surface area contributed by atoms with Crippen molar-refractivity contribution in [1.82, 2.24) is 10.2 Å². The Kier molecular flexibility index (Phi) is 5.82. The van der Waals surface area contributed by atoms with Crippen molar-refractivity contribution >= 4 is 5.91 Å². The molecule has 2 atom stereocenters. The largest absolute Gasteiger partial charge is 0.349 e. The Labute approximate surface area is 148 Å². The first kappa shape index (κ1) is 17.6. The minimum Gasteiger partial charge on any atom is -0.349 e. The van der Waals surface area contributed by atoms with Crippen molar-refractivity contribution in [2.24, 2.45) is 5.92 Å². The van der Waals surface area contributed by atoms with Gasteiger partial charge in [0.2, 0.25) is 5.91 Å². The van der Waals surface area contributed by atoms with Crippen LogP contribution in [0.5, 0.6) is 0 Å². The molecular weight excluding hydrogens is 315 g/mol. The van der Waals surface area contributed by atoms with E-state index in [2.05, 4.69) is 10.2 Å². The second-order valence-electron chi connectivity index (χ2n) is 6.81. The van der Waals surface area contributed by atoms with Gasteiger partial charge in [0.15, 0.2) is 0 Å². The molecule has 132 valence electrons. The first-order valence-electron chi connectivity index (χ1n) is 8.94. The maximum atomic E-state index is 13.9. The average Bonchev–Trinajstić information content (AvgIpc) is 2.64. The quantitative estimate of drug-likeness (QED) is 0.895. The molecule has 1 heterocycles. The van der Waals surface area contributed by atoms with Crippen LogP contribution in [-0.4, -0.2) is 23.9 Å². The normalized spacial score (nSPS) is 19.4. The molecule has 1 amide bonds. The van der Waals surface area contributed by atoms with E-state index in [1.54, 1.807) is 6.07 Å². The van der Waals surface area contributed by atoms with E-state index in [4.69, 9.17) is 0 Å². The van der Waals surface area contributed by atoms with Crippen LogP contribution in [0, 0.1) is 11.7 Å². The van der Waals surface area contributed by atoms with Crippen molar-refractivity contribution in [1.29, 1.82) is 0 Å². The Hall–Kier alpha value is -2.20. The molecule has 0 aromatic heterocycles. The van der Waals surface area contributed by atoms with Crippen molar-refractivity contribution in [3.8, 4) is 0 Å². The van der Waals surface area contributed by atoms with Gasteiger partial charge in [-0.15, -0.1) is 0 Å². The maximum Gasteiger partial charge on any atom is 0.224 e. The number of carbonyl (C=O) groups is 1. The van der Waals surface area contributed by atoms with Crippen molar-refractivity contribution in [3.63, 3.8) is 0 Å². The fourth-order valence-electron chi connectivity index (χ4n) is 3.44. The van der Waals surface area contributed by atoms with Crippen LogP contribution in [0.1, 0.15) is 36.9 Å². The minimum atomic E-state index is -0.174. The monoisotopic (exact) mass is 340 g/mol. The van der Waals surface area contributed by atoms with E-state index in [0.29, 0.717) is 18.7 Å². The summed E-state index contributed by atoms with van der Waals surface area (Å²) in [6.07, 6.45) is 1.85. The summed E-state index contributed by atoms with van der Waals surface area (Å²) < 4.78 is 13.9. The zero-order chi connectivity index (χ0) is 17.6. The highest BCUT2D eigenvalue weighted by Crippen LogP contribution is 2.21. The molecule has 4 heteroatoms. The number of hydrogen-bond acceptors (Lipinski definition) is 2. The lowest BCUT2D eigenvalue weighted by Gasteiger charge is -2.32. The van der Waals surface area contributed by atoms with Crippen LogP contribution in [0.25, 0.3) is 0 Å². The molecule has 2 unspecified atom stereocenters. The molecule has 25 heavy (non-hydrogen) atoms. The van der Waals surface area contributed by atoms with Gasteiger partial charge in [0, 0.05) is 18.7 Å². The van der Waals surface area contributed by atoms with Crippen molar-refractivity contribution in [2.75, 3.05) is 13.1 Å². The summed E-state index contributed by atoms with van der Waals surface area (Å²) in [6.45, 7) is 4.16. The van der Waals surface area contributed by atoms with Crippen LogP contribution in [-0.2, 0) is 11.3 Å². The number of carbonyl (C=O) groups excluding carboxylic acids is 1. The number of piperidine rings is 1. The van der Waals surface area contributed by atoms with Crippen LogP contribution in [0.3, 0.4) is 0 Å². The topological polar surface area (TPSA) is 32.3 Å². The van der Waals surface area contributed by atoms with Gasteiger partial charge in [-0.1, -0.05) is 48.5 Å². The highest BCUT2D eigenvalue weighted by Gasteiger charge is 2.27. The number of amides is 1. The molecule has 3 rings (SSSR count). The number of likely N-dealkylation sites (tertiary alicyclic amines) is 1. The maximum absolute atomic E-state index is 13.9. The van der Waals surface area contributed by atoms with Gasteiger partial charge in [-0.2, -0.15) is 0 Å². The van der Waals surface area contributed by atoms with E-state index in [1.807, 2.05) is 49.4 Å². The zero-order valence-corrected chi connectivity index (χ0v) is 14.6. The number of hydrogen-bond donors (Lipinski definition) is 1. The number of nitrogens with zero attached hydrogens (tertiary/aromatic N) is 1. The molecule has 0 radical (unpaired) electrons. The van der Waals surface area contributed by atoms with E-state index in [0.717, 1.165) is 24.9 Å². The highest BCUT2D eigenvalue weighted by molar-refractivity contribution is 5.79. The van der Waals surface area contributed by atoms with Gasteiger partial charge in [-0.05, 0) is 37.9 Å². The van der Waals surface area contributed by atoms with E-state index in [1.165, 1.54) is 6.07 Å². The molecule has 1 aliphatic rings. The fraction of sp³-hybridized carbons (Fsp3) is 0.381. The van der Waals surface area contributed by atoms with Gasteiger partial charge in [-0.3, -0.25) is 9.69 Å². The van der Waals surface area contributed by atoms with Gasteiger partial charge >= 0.3 is 0 Å². The molecule has 0 saturated carbocycles. The molecule has 3 nitrogen and oxygen atoms in total. The molecule has 0 bridgehead atoms.